The predicted octanol–water partition coefficient (Wildman–Crippen LogP) is 5.66. The normalized spacial score (nSPS) is 27.0. The Morgan fingerprint density at radius 1 is 0.805 bits per heavy atom. The van der Waals surface area contributed by atoms with Crippen LogP contribution in [0.5, 0.6) is 5.75 Å². The van der Waals surface area contributed by atoms with Crippen LogP contribution in [0.4, 0.5) is 0 Å². The number of aliphatic hydroxyl groups is 1. The lowest BCUT2D eigenvalue weighted by atomic mass is 9.86. The van der Waals surface area contributed by atoms with Crippen LogP contribution in [0.25, 0.3) is 0 Å². The fourth-order valence-electron chi connectivity index (χ4n) is 5.13. The highest BCUT2D eigenvalue weighted by atomic mass is 16.7. The highest BCUT2D eigenvalue weighted by molar-refractivity contribution is 5.41. The van der Waals surface area contributed by atoms with Crippen molar-refractivity contribution in [2.45, 2.75) is 116 Å². The molecule has 0 amide bonds. The third-order valence-corrected chi connectivity index (χ3v) is 7.56. The first-order valence-corrected chi connectivity index (χ1v) is 15.8. The van der Waals surface area contributed by atoms with Crippen molar-refractivity contribution in [2.24, 2.45) is 0 Å². The van der Waals surface area contributed by atoms with E-state index in [2.05, 4.69) is 27.7 Å². The molecule has 0 bridgehead atoms. The minimum Gasteiger partial charge on any atom is -0.496 e. The predicted molar refractivity (Wildman–Crippen MR) is 156 cm³/mol. The third kappa shape index (κ3) is 9.34. The average molecular weight is 583 g/mol. The van der Waals surface area contributed by atoms with E-state index < -0.39 is 36.5 Å². The highest BCUT2D eigenvalue weighted by Crippen LogP contribution is 2.43. The zero-order chi connectivity index (χ0) is 29.5. The Morgan fingerprint density at radius 2 is 1.39 bits per heavy atom. The average Bonchev–Trinajstić information content (AvgIpc) is 3.53. The van der Waals surface area contributed by atoms with Crippen LogP contribution in [0.1, 0.15) is 96.5 Å². The number of methoxy groups -OCH3 is 1. The van der Waals surface area contributed by atoms with Gasteiger partial charge >= 0.3 is 0 Å². The van der Waals surface area contributed by atoms with E-state index in [1.807, 2.05) is 18.2 Å². The number of unbranched alkanes of at least 4 members (excludes halogenated alkanes) is 4. The second-order valence-corrected chi connectivity index (χ2v) is 10.8. The van der Waals surface area contributed by atoms with Crippen LogP contribution in [-0.2, 0) is 38.9 Å². The van der Waals surface area contributed by atoms with Gasteiger partial charge in [0.2, 0.25) is 5.79 Å². The Kier molecular flexibility index (Phi) is 15.3. The van der Waals surface area contributed by atoms with Gasteiger partial charge in [-0.1, -0.05) is 53.4 Å². The zero-order valence-corrected chi connectivity index (χ0v) is 25.9. The van der Waals surface area contributed by atoms with Crippen LogP contribution < -0.4 is 4.74 Å². The summed E-state index contributed by atoms with van der Waals surface area (Å²) in [6, 6.07) is 5.45. The van der Waals surface area contributed by atoms with Crippen LogP contribution in [0.2, 0.25) is 0 Å². The number of rotatable bonds is 20. The Hall–Kier alpha value is -1.30. The summed E-state index contributed by atoms with van der Waals surface area (Å²) in [6.07, 6.45) is 4.54. The fraction of sp³-hybridized carbons (Fsp3) is 0.812. The lowest BCUT2D eigenvalue weighted by molar-refractivity contribution is -0.375. The summed E-state index contributed by atoms with van der Waals surface area (Å²) in [4.78, 5) is 0. The van der Waals surface area contributed by atoms with Gasteiger partial charge in [-0.05, 0) is 43.9 Å². The smallest absolute Gasteiger partial charge is 0.222 e. The second kappa shape index (κ2) is 18.4. The molecule has 9 heteroatoms. The molecule has 0 aromatic heterocycles. The lowest BCUT2D eigenvalue weighted by Gasteiger charge is -2.50. The molecule has 41 heavy (non-hydrogen) atoms. The van der Waals surface area contributed by atoms with Crippen molar-refractivity contribution < 1.29 is 43.0 Å². The molecule has 5 atom stereocenters. The van der Waals surface area contributed by atoms with Crippen molar-refractivity contribution in [1.82, 2.24) is 0 Å². The summed E-state index contributed by atoms with van der Waals surface area (Å²) in [5, 5.41) is 12.6. The van der Waals surface area contributed by atoms with Gasteiger partial charge in [0.05, 0.1) is 32.5 Å². The summed E-state index contributed by atoms with van der Waals surface area (Å²) in [6.45, 7) is 11.9. The van der Waals surface area contributed by atoms with Crippen LogP contribution in [0.15, 0.2) is 18.2 Å². The molecule has 1 aromatic carbocycles. The monoisotopic (exact) mass is 582 g/mol. The largest absolute Gasteiger partial charge is 0.496 e. The van der Waals surface area contributed by atoms with Gasteiger partial charge in [0, 0.05) is 32.0 Å². The van der Waals surface area contributed by atoms with E-state index in [1.54, 1.807) is 7.11 Å². The number of hydrogen-bond donors (Lipinski definition) is 1. The Bertz CT molecular complexity index is 846. The number of benzene rings is 1. The maximum Gasteiger partial charge on any atom is 0.222 e. The summed E-state index contributed by atoms with van der Waals surface area (Å²) >= 11 is 0. The van der Waals surface area contributed by atoms with Gasteiger partial charge in [0.1, 0.15) is 30.2 Å². The van der Waals surface area contributed by atoms with E-state index in [9.17, 15) is 5.11 Å². The van der Waals surface area contributed by atoms with Crippen LogP contribution in [0, 0.1) is 0 Å². The van der Waals surface area contributed by atoms with Gasteiger partial charge in [0.15, 0.2) is 6.29 Å². The summed E-state index contributed by atoms with van der Waals surface area (Å²) in [5.41, 5.74) is 1.20. The maximum absolute atomic E-state index is 12.6. The number of ether oxygens (including phenoxy) is 8. The maximum atomic E-state index is 12.6. The van der Waals surface area contributed by atoms with E-state index in [1.165, 1.54) is 0 Å². The summed E-state index contributed by atoms with van der Waals surface area (Å²) in [5.74, 6) is -1.23. The molecule has 4 unspecified atom stereocenters. The molecule has 0 radical (unpaired) electrons. The van der Waals surface area contributed by atoms with E-state index in [-0.39, 0.29) is 6.61 Å². The minimum absolute atomic E-state index is 0.270. The molecular formula is C32H54O9. The van der Waals surface area contributed by atoms with Crippen molar-refractivity contribution in [3.8, 4) is 5.75 Å². The van der Waals surface area contributed by atoms with Crippen molar-refractivity contribution in [3.63, 3.8) is 0 Å². The molecule has 0 aliphatic carbocycles. The van der Waals surface area contributed by atoms with E-state index in [0.29, 0.717) is 56.5 Å². The first kappa shape index (κ1) is 34.2. The molecule has 2 fully saturated rings. The zero-order valence-electron chi connectivity index (χ0n) is 25.9. The summed E-state index contributed by atoms with van der Waals surface area (Å²) < 4.78 is 49.4. The molecule has 9 nitrogen and oxygen atoms in total. The Balaban J connectivity index is 2.05. The van der Waals surface area contributed by atoms with E-state index in [4.69, 9.17) is 37.9 Å². The molecule has 236 valence electrons. The molecule has 0 spiro atoms. The van der Waals surface area contributed by atoms with Gasteiger partial charge in [-0.3, -0.25) is 0 Å². The topological polar surface area (TPSA) is 94.1 Å². The number of hydrogen-bond acceptors (Lipinski definition) is 9. The first-order valence-electron chi connectivity index (χ1n) is 15.8. The van der Waals surface area contributed by atoms with Gasteiger partial charge in [-0.15, -0.1) is 0 Å². The van der Waals surface area contributed by atoms with Crippen molar-refractivity contribution in [3.05, 3.63) is 29.3 Å². The van der Waals surface area contributed by atoms with Crippen molar-refractivity contribution in [2.75, 3.05) is 53.4 Å². The molecule has 1 aromatic rings. The SMILES string of the molecule is CCCCOC[C@H]1OC(O)(c2ccc(OC)c(C3OCCO3)c2)C(OCCCC)C(OCCCC)C1OCCCC. The fourth-order valence-corrected chi connectivity index (χ4v) is 5.13. The molecule has 1 N–H and O–H groups in total. The second-order valence-electron chi connectivity index (χ2n) is 10.8. The van der Waals surface area contributed by atoms with Gasteiger partial charge in [-0.25, -0.2) is 0 Å². The molecule has 2 aliphatic heterocycles. The molecule has 2 aliphatic rings. The van der Waals surface area contributed by atoms with E-state index >= 15 is 0 Å². The first-order chi connectivity index (χ1) is 20.0. The lowest BCUT2D eigenvalue weighted by Crippen LogP contribution is -2.66. The van der Waals surface area contributed by atoms with E-state index in [0.717, 1.165) is 51.4 Å². The molecule has 2 saturated heterocycles. The Morgan fingerprint density at radius 3 is 2.00 bits per heavy atom. The summed E-state index contributed by atoms with van der Waals surface area (Å²) in [7, 11) is 1.61. The molecule has 2 heterocycles. The van der Waals surface area contributed by atoms with Gasteiger partial charge in [0.25, 0.3) is 0 Å². The minimum atomic E-state index is -1.84. The van der Waals surface area contributed by atoms with Crippen LogP contribution >= 0.6 is 0 Å². The van der Waals surface area contributed by atoms with Crippen molar-refractivity contribution in [1.29, 1.82) is 0 Å². The molecular weight excluding hydrogens is 528 g/mol. The molecule has 0 saturated carbocycles. The quantitative estimate of drug-likeness (QED) is 0.196. The van der Waals surface area contributed by atoms with Gasteiger partial charge in [-0.2, -0.15) is 0 Å². The van der Waals surface area contributed by atoms with Crippen molar-refractivity contribution >= 4 is 0 Å². The Labute approximate surface area is 247 Å². The van der Waals surface area contributed by atoms with Crippen LogP contribution in [-0.4, -0.2) is 82.9 Å². The highest BCUT2D eigenvalue weighted by Gasteiger charge is 2.57. The van der Waals surface area contributed by atoms with Gasteiger partial charge < -0.3 is 43.0 Å². The standard InChI is InChI=1S/C32H54O9/c1-6-10-16-35-23-27-28(36-17-11-7-2)29(37-18-12-8-3)30(38-19-13-9-4)32(33,41-27)24-14-15-26(34-5)25(22-24)31-39-20-21-40-31/h14-15,22,27-31,33H,6-13,16-21,23H2,1-5H3/t27-,28?,29?,30?,32?/m1/s1. The molecule has 3 rings (SSSR count). The van der Waals surface area contributed by atoms with Crippen LogP contribution in [0.3, 0.4) is 0 Å². The third-order valence-electron chi connectivity index (χ3n) is 7.56.